The first kappa shape index (κ1) is 14.8. The van der Waals surface area contributed by atoms with Crippen LogP contribution in [0, 0.1) is 23.0 Å². The summed E-state index contributed by atoms with van der Waals surface area (Å²) in [6.45, 7) is 3.84. The standard InChI is InChI=1S/C15H21NO4/c1-3-4-5-12-13(9-16(18)19)11-7-6-10(2)8-14(11)20-15(12)17/h6-8,12-13,15,17H,3-5,9H2,1-2H3/t12-,13-,15?/m0/s1. The fourth-order valence-corrected chi connectivity index (χ4v) is 2.87. The van der Waals surface area contributed by atoms with Crippen LogP contribution >= 0.6 is 0 Å². The van der Waals surface area contributed by atoms with Gasteiger partial charge in [-0.3, -0.25) is 10.1 Å². The van der Waals surface area contributed by atoms with E-state index in [1.807, 2.05) is 25.1 Å². The van der Waals surface area contributed by atoms with E-state index in [1.165, 1.54) is 0 Å². The molecule has 0 saturated carbocycles. The number of rotatable bonds is 5. The van der Waals surface area contributed by atoms with Gasteiger partial charge in [0.2, 0.25) is 12.8 Å². The van der Waals surface area contributed by atoms with Gasteiger partial charge in [0.15, 0.2) is 0 Å². The summed E-state index contributed by atoms with van der Waals surface area (Å²) in [5, 5.41) is 21.1. The second-order valence-corrected chi connectivity index (χ2v) is 5.48. The summed E-state index contributed by atoms with van der Waals surface area (Å²) >= 11 is 0. The molecular weight excluding hydrogens is 258 g/mol. The van der Waals surface area contributed by atoms with Gasteiger partial charge < -0.3 is 9.84 Å². The maximum Gasteiger partial charge on any atom is 0.211 e. The molecule has 1 N–H and O–H groups in total. The highest BCUT2D eigenvalue weighted by Gasteiger charge is 2.39. The lowest BCUT2D eigenvalue weighted by Gasteiger charge is -2.35. The minimum Gasteiger partial charge on any atom is -0.465 e. The Kier molecular flexibility index (Phi) is 4.60. The number of fused-ring (bicyclic) bond motifs is 1. The first-order chi connectivity index (χ1) is 9.52. The molecule has 0 bridgehead atoms. The summed E-state index contributed by atoms with van der Waals surface area (Å²) in [6, 6.07) is 5.66. The zero-order chi connectivity index (χ0) is 14.7. The molecule has 1 heterocycles. The molecule has 0 fully saturated rings. The topological polar surface area (TPSA) is 72.6 Å². The molecule has 1 aromatic carbocycles. The zero-order valence-electron chi connectivity index (χ0n) is 11.9. The number of hydrogen-bond acceptors (Lipinski definition) is 4. The molecule has 1 unspecified atom stereocenters. The number of nitro groups is 1. The smallest absolute Gasteiger partial charge is 0.211 e. The number of nitrogens with zero attached hydrogens (tertiary/aromatic N) is 1. The number of hydrogen-bond donors (Lipinski definition) is 1. The van der Waals surface area contributed by atoms with Crippen LogP contribution in [0.25, 0.3) is 0 Å². The van der Waals surface area contributed by atoms with Crippen LogP contribution in [0.4, 0.5) is 0 Å². The van der Waals surface area contributed by atoms with Crippen LogP contribution in [0.1, 0.15) is 43.2 Å². The Bertz CT molecular complexity index is 489. The molecule has 0 spiro atoms. The summed E-state index contributed by atoms with van der Waals surface area (Å²) in [7, 11) is 0. The van der Waals surface area contributed by atoms with Crippen LogP contribution < -0.4 is 4.74 Å². The molecule has 0 radical (unpaired) electrons. The molecule has 3 atom stereocenters. The van der Waals surface area contributed by atoms with Crippen molar-refractivity contribution in [3.05, 3.63) is 39.4 Å². The number of ether oxygens (including phenoxy) is 1. The molecule has 0 aliphatic carbocycles. The number of unbranched alkanes of at least 4 members (excludes halogenated alkanes) is 1. The van der Waals surface area contributed by atoms with Gasteiger partial charge in [0.25, 0.3) is 0 Å². The predicted molar refractivity (Wildman–Crippen MR) is 75.4 cm³/mol. The van der Waals surface area contributed by atoms with Gasteiger partial charge in [-0.2, -0.15) is 0 Å². The fourth-order valence-electron chi connectivity index (χ4n) is 2.87. The number of benzene rings is 1. The zero-order valence-corrected chi connectivity index (χ0v) is 11.9. The third-order valence-electron chi connectivity index (χ3n) is 3.94. The van der Waals surface area contributed by atoms with Gasteiger partial charge in [-0.05, 0) is 25.0 Å². The van der Waals surface area contributed by atoms with E-state index in [1.54, 1.807) is 0 Å². The number of aliphatic hydroxyl groups is 1. The Morgan fingerprint density at radius 1 is 1.45 bits per heavy atom. The van der Waals surface area contributed by atoms with Crippen molar-refractivity contribution in [3.63, 3.8) is 0 Å². The molecule has 5 nitrogen and oxygen atoms in total. The van der Waals surface area contributed by atoms with Gasteiger partial charge in [-0.15, -0.1) is 0 Å². The van der Waals surface area contributed by atoms with Gasteiger partial charge >= 0.3 is 0 Å². The van der Waals surface area contributed by atoms with Gasteiger partial charge in [0.05, 0.1) is 5.92 Å². The van der Waals surface area contributed by atoms with Crippen molar-refractivity contribution in [3.8, 4) is 5.75 Å². The molecule has 1 aliphatic heterocycles. The number of aryl methyl sites for hydroxylation is 1. The van der Waals surface area contributed by atoms with Gasteiger partial charge in [0, 0.05) is 16.4 Å². The maximum atomic E-state index is 11.0. The van der Waals surface area contributed by atoms with Crippen molar-refractivity contribution in [2.75, 3.05) is 6.54 Å². The van der Waals surface area contributed by atoms with Crippen LogP contribution in [0.5, 0.6) is 5.75 Å². The Balaban J connectivity index is 2.34. The van der Waals surface area contributed by atoms with E-state index < -0.39 is 6.29 Å². The van der Waals surface area contributed by atoms with Crippen molar-refractivity contribution in [1.29, 1.82) is 0 Å². The second-order valence-electron chi connectivity index (χ2n) is 5.48. The summed E-state index contributed by atoms with van der Waals surface area (Å²) < 4.78 is 5.57. The van der Waals surface area contributed by atoms with Crippen LogP contribution in [0.3, 0.4) is 0 Å². The molecule has 20 heavy (non-hydrogen) atoms. The Morgan fingerprint density at radius 3 is 2.85 bits per heavy atom. The average Bonchev–Trinajstić information content (AvgIpc) is 2.37. The van der Waals surface area contributed by atoms with Crippen LogP contribution in [-0.4, -0.2) is 22.9 Å². The molecule has 2 rings (SSSR count). The lowest BCUT2D eigenvalue weighted by atomic mass is 9.80. The van der Waals surface area contributed by atoms with Crippen molar-refractivity contribution in [2.45, 2.75) is 45.3 Å². The summed E-state index contributed by atoms with van der Waals surface area (Å²) in [5.41, 5.74) is 1.86. The van der Waals surface area contributed by atoms with E-state index in [-0.39, 0.29) is 23.3 Å². The largest absolute Gasteiger partial charge is 0.465 e. The van der Waals surface area contributed by atoms with E-state index in [9.17, 15) is 15.2 Å². The molecule has 0 aromatic heterocycles. The van der Waals surface area contributed by atoms with Crippen LogP contribution in [-0.2, 0) is 0 Å². The summed E-state index contributed by atoms with van der Waals surface area (Å²) in [6.07, 6.45) is 1.71. The van der Waals surface area contributed by atoms with Gasteiger partial charge in [0.1, 0.15) is 5.75 Å². The molecule has 0 saturated heterocycles. The normalized spacial score (nSPS) is 24.9. The molecule has 110 valence electrons. The second kappa shape index (κ2) is 6.22. The van der Waals surface area contributed by atoms with Crippen LogP contribution in [0.2, 0.25) is 0 Å². The van der Waals surface area contributed by atoms with Crippen molar-refractivity contribution < 1.29 is 14.8 Å². The predicted octanol–water partition coefficient (Wildman–Crippen LogP) is 2.87. The van der Waals surface area contributed by atoms with Crippen molar-refractivity contribution >= 4 is 0 Å². The minimum atomic E-state index is -0.958. The molecule has 1 aliphatic rings. The minimum absolute atomic E-state index is 0.162. The highest BCUT2D eigenvalue weighted by molar-refractivity contribution is 5.41. The van der Waals surface area contributed by atoms with Gasteiger partial charge in [-0.1, -0.05) is 31.9 Å². The van der Waals surface area contributed by atoms with E-state index >= 15 is 0 Å². The van der Waals surface area contributed by atoms with Crippen molar-refractivity contribution in [2.24, 2.45) is 5.92 Å². The lowest BCUT2D eigenvalue weighted by molar-refractivity contribution is -0.486. The van der Waals surface area contributed by atoms with E-state index in [0.717, 1.165) is 30.4 Å². The quantitative estimate of drug-likeness (QED) is 0.664. The monoisotopic (exact) mass is 279 g/mol. The highest BCUT2D eigenvalue weighted by Crippen LogP contribution is 2.42. The molecule has 5 heteroatoms. The first-order valence-electron chi connectivity index (χ1n) is 7.10. The summed E-state index contributed by atoms with van der Waals surface area (Å²) in [5.74, 6) is 0.0866. The van der Waals surface area contributed by atoms with Gasteiger partial charge in [-0.25, -0.2) is 0 Å². The third-order valence-corrected chi connectivity index (χ3v) is 3.94. The third kappa shape index (κ3) is 3.10. The van der Waals surface area contributed by atoms with Crippen molar-refractivity contribution in [1.82, 2.24) is 0 Å². The fraction of sp³-hybridized carbons (Fsp3) is 0.600. The Labute approximate surface area is 118 Å². The summed E-state index contributed by atoms with van der Waals surface area (Å²) in [4.78, 5) is 10.7. The number of aliphatic hydroxyl groups excluding tert-OH is 1. The molecular formula is C15H21NO4. The lowest BCUT2D eigenvalue weighted by Crippen LogP contribution is -2.38. The average molecular weight is 279 g/mol. The molecule has 0 amide bonds. The van der Waals surface area contributed by atoms with E-state index in [4.69, 9.17) is 4.74 Å². The van der Waals surface area contributed by atoms with E-state index in [2.05, 4.69) is 6.92 Å². The Morgan fingerprint density at radius 2 is 2.20 bits per heavy atom. The van der Waals surface area contributed by atoms with E-state index in [0.29, 0.717) is 5.75 Å². The molecule has 1 aromatic rings. The van der Waals surface area contributed by atoms with Crippen LogP contribution in [0.15, 0.2) is 18.2 Å². The highest BCUT2D eigenvalue weighted by atomic mass is 16.6. The Hall–Kier alpha value is -1.62. The first-order valence-corrected chi connectivity index (χ1v) is 7.10. The maximum absolute atomic E-state index is 11.0. The SMILES string of the molecule is CCCC[C@@H]1C(O)Oc2cc(C)ccc2[C@@H]1C[N+](=O)[O-].